The van der Waals surface area contributed by atoms with Gasteiger partial charge in [-0.25, -0.2) is 0 Å². The topological polar surface area (TPSA) is 34.1 Å². The molecule has 0 fully saturated rings. The molecule has 0 unspecified atom stereocenters. The average molecular weight is 222 g/mol. The Kier molecular flexibility index (Phi) is 2.56. The highest BCUT2D eigenvalue weighted by molar-refractivity contribution is 7.13. The number of hydrogen-bond donors (Lipinski definition) is 0. The van der Waals surface area contributed by atoms with Gasteiger partial charge in [0.15, 0.2) is 12.6 Å². The van der Waals surface area contributed by atoms with Crippen LogP contribution in [0.3, 0.4) is 0 Å². The quantitative estimate of drug-likeness (QED) is 0.748. The fraction of sp³-hybridized carbons (Fsp3) is 0. The summed E-state index contributed by atoms with van der Waals surface area (Å²) in [6, 6.07) is 3.73. The Hall–Kier alpha value is -1.26. The molecule has 4 heteroatoms. The van der Waals surface area contributed by atoms with Gasteiger partial charge in [-0.15, -0.1) is 22.7 Å². The van der Waals surface area contributed by atoms with Crippen LogP contribution < -0.4 is 0 Å². The third kappa shape index (κ3) is 1.42. The van der Waals surface area contributed by atoms with Crippen molar-refractivity contribution < 1.29 is 9.59 Å². The van der Waals surface area contributed by atoms with Gasteiger partial charge < -0.3 is 0 Å². The van der Waals surface area contributed by atoms with E-state index in [0.717, 1.165) is 23.7 Å². The third-order valence-electron chi connectivity index (χ3n) is 1.89. The predicted molar refractivity (Wildman–Crippen MR) is 58.4 cm³/mol. The van der Waals surface area contributed by atoms with Crippen LogP contribution in [0.2, 0.25) is 0 Å². The molecule has 14 heavy (non-hydrogen) atoms. The van der Waals surface area contributed by atoms with E-state index in [1.54, 1.807) is 0 Å². The Morgan fingerprint density at radius 2 is 1.29 bits per heavy atom. The predicted octanol–water partition coefficient (Wildman–Crippen LogP) is 3.10. The molecule has 0 aliphatic rings. The number of carbonyl (C=O) groups is 2. The van der Waals surface area contributed by atoms with Gasteiger partial charge in [0, 0.05) is 11.1 Å². The molecule has 0 aliphatic carbocycles. The van der Waals surface area contributed by atoms with E-state index >= 15 is 0 Å². The maximum atomic E-state index is 10.7. The zero-order valence-electron chi connectivity index (χ0n) is 7.10. The minimum atomic E-state index is 0.673. The van der Waals surface area contributed by atoms with Crippen molar-refractivity contribution in [2.45, 2.75) is 0 Å². The Labute approximate surface area is 88.8 Å². The summed E-state index contributed by atoms with van der Waals surface area (Å²) in [4.78, 5) is 22.8. The Morgan fingerprint density at radius 1 is 0.857 bits per heavy atom. The molecule has 2 nitrogen and oxygen atoms in total. The van der Waals surface area contributed by atoms with E-state index in [0.29, 0.717) is 9.75 Å². The lowest BCUT2D eigenvalue weighted by Gasteiger charge is -1.95. The molecule has 2 heterocycles. The van der Waals surface area contributed by atoms with Crippen molar-refractivity contribution >= 4 is 35.2 Å². The molecular formula is C10H6O2S2. The molecule has 0 atom stereocenters. The second-order valence-corrected chi connectivity index (χ2v) is 4.53. The Morgan fingerprint density at radius 3 is 1.64 bits per heavy atom. The van der Waals surface area contributed by atoms with Crippen LogP contribution in [0.4, 0.5) is 0 Å². The van der Waals surface area contributed by atoms with Crippen LogP contribution in [-0.2, 0) is 0 Å². The summed E-state index contributed by atoms with van der Waals surface area (Å²) in [6.45, 7) is 0. The van der Waals surface area contributed by atoms with Crippen molar-refractivity contribution in [1.82, 2.24) is 0 Å². The van der Waals surface area contributed by atoms with Crippen molar-refractivity contribution in [3.63, 3.8) is 0 Å². The van der Waals surface area contributed by atoms with Gasteiger partial charge >= 0.3 is 0 Å². The summed E-state index contributed by atoms with van der Waals surface area (Å²) < 4.78 is 0. The molecule has 0 saturated carbocycles. The van der Waals surface area contributed by atoms with Gasteiger partial charge in [-0.3, -0.25) is 9.59 Å². The van der Waals surface area contributed by atoms with E-state index in [1.165, 1.54) is 22.7 Å². The third-order valence-corrected chi connectivity index (χ3v) is 3.58. The molecule has 70 valence electrons. The zero-order chi connectivity index (χ0) is 9.97. The van der Waals surface area contributed by atoms with E-state index in [1.807, 2.05) is 22.9 Å². The average Bonchev–Trinajstić information content (AvgIpc) is 2.85. The highest BCUT2D eigenvalue weighted by Crippen LogP contribution is 2.31. The van der Waals surface area contributed by atoms with Gasteiger partial charge in [-0.1, -0.05) is 0 Å². The monoisotopic (exact) mass is 222 g/mol. The smallest absolute Gasteiger partial charge is 0.160 e. The van der Waals surface area contributed by atoms with Gasteiger partial charge in [-0.2, -0.15) is 0 Å². The second-order valence-electron chi connectivity index (χ2n) is 2.63. The molecule has 2 rings (SSSR count). The van der Waals surface area contributed by atoms with Gasteiger partial charge in [0.25, 0.3) is 0 Å². The minimum Gasteiger partial charge on any atom is -0.297 e. The van der Waals surface area contributed by atoms with Crippen LogP contribution in [0, 0.1) is 0 Å². The summed E-state index contributed by atoms with van der Waals surface area (Å²) >= 11 is 2.78. The minimum absolute atomic E-state index is 0.673. The Balaban J connectivity index is 2.59. The van der Waals surface area contributed by atoms with Crippen LogP contribution in [0.15, 0.2) is 22.9 Å². The van der Waals surface area contributed by atoms with Crippen LogP contribution in [0.25, 0.3) is 11.1 Å². The number of thiophene rings is 2. The normalized spacial score (nSPS) is 10.0. The van der Waals surface area contributed by atoms with Gasteiger partial charge in [-0.05, 0) is 22.9 Å². The number of hydrogen-bond acceptors (Lipinski definition) is 4. The van der Waals surface area contributed by atoms with E-state index in [9.17, 15) is 9.59 Å². The summed E-state index contributed by atoms with van der Waals surface area (Å²) in [7, 11) is 0. The summed E-state index contributed by atoms with van der Waals surface area (Å²) in [5, 5.41) is 3.70. The van der Waals surface area contributed by atoms with Crippen LogP contribution in [0.5, 0.6) is 0 Å². The van der Waals surface area contributed by atoms with Gasteiger partial charge in [0.2, 0.25) is 0 Å². The van der Waals surface area contributed by atoms with E-state index in [2.05, 4.69) is 0 Å². The largest absolute Gasteiger partial charge is 0.297 e. The molecular weight excluding hydrogens is 216 g/mol. The van der Waals surface area contributed by atoms with Crippen molar-refractivity contribution in [2.24, 2.45) is 0 Å². The lowest BCUT2D eigenvalue weighted by Crippen LogP contribution is -1.81. The van der Waals surface area contributed by atoms with Crippen molar-refractivity contribution in [2.75, 3.05) is 0 Å². The fourth-order valence-electron chi connectivity index (χ4n) is 1.27. The highest BCUT2D eigenvalue weighted by Gasteiger charge is 2.10. The molecule has 0 aromatic carbocycles. The van der Waals surface area contributed by atoms with Crippen molar-refractivity contribution in [3.8, 4) is 11.1 Å². The molecule has 0 bridgehead atoms. The first kappa shape index (κ1) is 9.30. The number of aldehydes is 2. The molecule has 0 saturated heterocycles. The van der Waals surface area contributed by atoms with Gasteiger partial charge in [0.1, 0.15) is 0 Å². The van der Waals surface area contributed by atoms with E-state index < -0.39 is 0 Å². The lowest BCUT2D eigenvalue weighted by atomic mass is 10.1. The summed E-state index contributed by atoms with van der Waals surface area (Å²) in [6.07, 6.45) is 1.65. The first-order valence-electron chi connectivity index (χ1n) is 3.92. The number of carbonyl (C=O) groups excluding carboxylic acids is 2. The first-order chi connectivity index (χ1) is 6.86. The van der Waals surface area contributed by atoms with Crippen molar-refractivity contribution in [1.29, 1.82) is 0 Å². The standard InChI is InChI=1S/C10H6O2S2/c11-5-9-7(1-3-13-9)8-2-4-14-10(8)6-12/h1-6H. The van der Waals surface area contributed by atoms with E-state index in [-0.39, 0.29) is 0 Å². The zero-order valence-corrected chi connectivity index (χ0v) is 8.73. The Bertz CT molecular complexity index is 424. The molecule has 0 N–H and O–H groups in total. The van der Waals surface area contributed by atoms with Gasteiger partial charge in [0.05, 0.1) is 9.75 Å². The summed E-state index contributed by atoms with van der Waals surface area (Å²) in [5.41, 5.74) is 1.71. The summed E-state index contributed by atoms with van der Waals surface area (Å²) in [5.74, 6) is 0. The lowest BCUT2D eigenvalue weighted by molar-refractivity contribution is 0.111. The van der Waals surface area contributed by atoms with Crippen LogP contribution in [-0.4, -0.2) is 12.6 Å². The molecule has 0 amide bonds. The molecule has 2 aromatic rings. The van der Waals surface area contributed by atoms with Crippen LogP contribution in [0.1, 0.15) is 19.3 Å². The fourth-order valence-corrected chi connectivity index (χ4v) is 2.69. The first-order valence-corrected chi connectivity index (χ1v) is 5.68. The maximum absolute atomic E-state index is 10.7. The molecule has 0 aliphatic heterocycles. The second kappa shape index (κ2) is 3.86. The van der Waals surface area contributed by atoms with Crippen LogP contribution >= 0.6 is 22.7 Å². The SMILES string of the molecule is O=Cc1sccc1-c1ccsc1C=O. The van der Waals surface area contributed by atoms with E-state index in [4.69, 9.17) is 0 Å². The molecule has 0 spiro atoms. The number of rotatable bonds is 3. The van der Waals surface area contributed by atoms with Crippen molar-refractivity contribution in [3.05, 3.63) is 32.6 Å². The highest BCUT2D eigenvalue weighted by atomic mass is 32.1. The molecule has 0 radical (unpaired) electrons. The maximum Gasteiger partial charge on any atom is 0.160 e. The molecule has 2 aromatic heterocycles.